The van der Waals surface area contributed by atoms with E-state index >= 15 is 0 Å². The van der Waals surface area contributed by atoms with Gasteiger partial charge in [-0.3, -0.25) is 9.69 Å². The highest BCUT2D eigenvalue weighted by molar-refractivity contribution is 5.95. The smallest absolute Gasteiger partial charge is 0.251 e. The number of benzene rings is 2. The maximum absolute atomic E-state index is 13.5. The number of rotatable bonds is 7. The summed E-state index contributed by atoms with van der Waals surface area (Å²) < 4.78 is 15.2. The summed E-state index contributed by atoms with van der Waals surface area (Å²) in [6, 6.07) is 20.0. The molecule has 0 spiro atoms. The Morgan fingerprint density at radius 1 is 1.03 bits per heavy atom. The number of hydrogen-bond donors (Lipinski definition) is 2. The van der Waals surface area contributed by atoms with Crippen LogP contribution in [0.1, 0.15) is 35.2 Å². The molecule has 178 valence electrons. The Labute approximate surface area is 203 Å². The van der Waals surface area contributed by atoms with E-state index in [1.165, 1.54) is 5.56 Å². The molecule has 0 bridgehead atoms. The molecular formula is C27H27FN6O. The summed E-state index contributed by atoms with van der Waals surface area (Å²) in [4.78, 5) is 19.1. The minimum Gasteiger partial charge on any atom is -0.349 e. The fraction of sp³-hybridized carbons (Fsp3) is 0.296. The zero-order valence-corrected chi connectivity index (χ0v) is 19.3. The van der Waals surface area contributed by atoms with Crippen molar-refractivity contribution in [3.8, 4) is 11.1 Å². The lowest BCUT2D eigenvalue weighted by molar-refractivity contribution is 0.0951. The second kappa shape index (κ2) is 9.11. The van der Waals surface area contributed by atoms with Gasteiger partial charge in [0, 0.05) is 48.7 Å². The van der Waals surface area contributed by atoms with Gasteiger partial charge in [0.25, 0.3) is 5.91 Å². The maximum atomic E-state index is 13.5. The highest BCUT2D eigenvalue weighted by Crippen LogP contribution is 2.26. The Bertz CT molecular complexity index is 1350. The SMILES string of the molecule is O=C(NC1CC1)c1ccc(Nc2nc3c(-c4ccc(CN5CC[C@@H](F)C5)cc4)cccn3n2)cc1. The number of carbonyl (C=O) groups is 1. The molecule has 2 aliphatic rings. The molecule has 35 heavy (non-hydrogen) atoms. The van der Waals surface area contributed by atoms with Crippen molar-refractivity contribution in [1.82, 2.24) is 24.8 Å². The molecule has 0 radical (unpaired) electrons. The van der Waals surface area contributed by atoms with Crippen LogP contribution in [-0.4, -0.2) is 50.7 Å². The van der Waals surface area contributed by atoms with Crippen LogP contribution in [-0.2, 0) is 6.54 Å². The Kier molecular flexibility index (Phi) is 5.66. The number of nitrogens with zero attached hydrogens (tertiary/aromatic N) is 4. The number of hydrogen-bond acceptors (Lipinski definition) is 5. The van der Waals surface area contributed by atoms with Crippen molar-refractivity contribution < 1.29 is 9.18 Å². The molecule has 1 saturated carbocycles. The minimum atomic E-state index is -0.701. The van der Waals surface area contributed by atoms with Gasteiger partial charge in [-0.1, -0.05) is 24.3 Å². The summed E-state index contributed by atoms with van der Waals surface area (Å²) in [7, 11) is 0. The molecule has 1 atom stereocenters. The summed E-state index contributed by atoms with van der Waals surface area (Å²) in [5.74, 6) is 0.451. The lowest BCUT2D eigenvalue weighted by atomic mass is 10.0. The highest BCUT2D eigenvalue weighted by atomic mass is 19.1. The number of pyridine rings is 1. The van der Waals surface area contributed by atoms with Crippen molar-refractivity contribution in [2.45, 2.75) is 38.0 Å². The van der Waals surface area contributed by atoms with E-state index in [4.69, 9.17) is 4.98 Å². The summed E-state index contributed by atoms with van der Waals surface area (Å²) >= 11 is 0. The van der Waals surface area contributed by atoms with Crippen molar-refractivity contribution >= 4 is 23.2 Å². The normalized spacial score (nSPS) is 18.1. The molecule has 8 heteroatoms. The number of nitrogens with one attached hydrogen (secondary N) is 2. The first-order chi connectivity index (χ1) is 17.1. The van der Waals surface area contributed by atoms with E-state index in [-0.39, 0.29) is 5.91 Å². The molecule has 2 aromatic heterocycles. The number of fused-ring (bicyclic) bond motifs is 1. The minimum absolute atomic E-state index is 0.0346. The van der Waals surface area contributed by atoms with Crippen molar-refractivity contribution in [1.29, 1.82) is 0 Å². The Morgan fingerprint density at radius 3 is 2.54 bits per heavy atom. The molecule has 1 saturated heterocycles. The van der Waals surface area contributed by atoms with E-state index in [0.29, 0.717) is 30.5 Å². The van der Waals surface area contributed by atoms with Crippen LogP contribution in [0.3, 0.4) is 0 Å². The number of halogens is 1. The Balaban J connectivity index is 1.17. The predicted octanol–water partition coefficient (Wildman–Crippen LogP) is 4.58. The van der Waals surface area contributed by atoms with Crippen LogP contribution in [0.25, 0.3) is 16.8 Å². The van der Waals surface area contributed by atoms with Crippen molar-refractivity contribution in [2.24, 2.45) is 0 Å². The van der Waals surface area contributed by atoms with Crippen molar-refractivity contribution in [3.05, 3.63) is 78.0 Å². The van der Waals surface area contributed by atoms with E-state index in [2.05, 4.69) is 44.9 Å². The molecular weight excluding hydrogens is 443 g/mol. The van der Waals surface area contributed by atoms with E-state index in [1.54, 1.807) is 16.6 Å². The number of alkyl halides is 1. The molecule has 2 aromatic carbocycles. The number of likely N-dealkylation sites (tertiary alicyclic amines) is 1. The van der Waals surface area contributed by atoms with Crippen LogP contribution in [0, 0.1) is 0 Å². The Hall–Kier alpha value is -3.78. The van der Waals surface area contributed by atoms with Crippen molar-refractivity contribution in [2.75, 3.05) is 18.4 Å². The summed E-state index contributed by atoms with van der Waals surface area (Å²) in [5, 5.41) is 10.8. The second-order valence-electron chi connectivity index (χ2n) is 9.39. The monoisotopic (exact) mass is 470 g/mol. The van der Waals surface area contributed by atoms with E-state index in [1.807, 2.05) is 30.5 Å². The van der Waals surface area contributed by atoms with E-state index < -0.39 is 6.17 Å². The maximum Gasteiger partial charge on any atom is 0.251 e. The number of amides is 1. The third-order valence-electron chi connectivity index (χ3n) is 6.56. The van der Waals surface area contributed by atoms with Gasteiger partial charge in [-0.25, -0.2) is 8.91 Å². The van der Waals surface area contributed by atoms with Crippen LogP contribution in [0.5, 0.6) is 0 Å². The average Bonchev–Trinajstić information content (AvgIpc) is 3.43. The number of carbonyl (C=O) groups excluding carboxylic acids is 1. The lowest BCUT2D eigenvalue weighted by Gasteiger charge is -2.14. The molecule has 7 nitrogen and oxygen atoms in total. The fourth-order valence-electron chi connectivity index (χ4n) is 4.49. The third-order valence-corrected chi connectivity index (χ3v) is 6.56. The fourth-order valence-corrected chi connectivity index (χ4v) is 4.49. The molecule has 3 heterocycles. The van der Waals surface area contributed by atoms with E-state index in [0.717, 1.165) is 48.4 Å². The van der Waals surface area contributed by atoms with Gasteiger partial charge < -0.3 is 10.6 Å². The standard InChI is InChI=1S/C27H27FN6O/c28-21-13-15-33(17-21)16-18-3-5-19(6-4-18)24-2-1-14-34-25(24)31-27(32-34)30-23-9-7-20(8-10-23)26(35)29-22-11-12-22/h1-10,14,21-22H,11-13,15-17H2,(H,29,35)(H,30,32)/t21-/m1/s1. The number of aromatic nitrogens is 3. The van der Waals surface area contributed by atoms with Crippen LogP contribution >= 0.6 is 0 Å². The van der Waals surface area contributed by atoms with Gasteiger partial charge in [-0.05, 0) is 66.8 Å². The molecule has 1 aliphatic heterocycles. The van der Waals surface area contributed by atoms with Crippen LogP contribution in [0.4, 0.5) is 16.0 Å². The average molecular weight is 471 g/mol. The van der Waals surface area contributed by atoms with Gasteiger partial charge in [0.2, 0.25) is 5.95 Å². The van der Waals surface area contributed by atoms with Gasteiger partial charge in [-0.2, -0.15) is 4.98 Å². The first kappa shape index (κ1) is 21.7. The zero-order chi connectivity index (χ0) is 23.8. The largest absolute Gasteiger partial charge is 0.349 e. The first-order valence-corrected chi connectivity index (χ1v) is 12.1. The molecule has 4 aromatic rings. The van der Waals surface area contributed by atoms with Gasteiger partial charge >= 0.3 is 0 Å². The first-order valence-electron chi connectivity index (χ1n) is 12.1. The number of anilines is 2. The quantitative estimate of drug-likeness (QED) is 0.414. The summed E-state index contributed by atoms with van der Waals surface area (Å²) in [6.07, 6.45) is 3.93. The molecule has 2 fully saturated rings. The lowest BCUT2D eigenvalue weighted by Crippen LogP contribution is -2.25. The summed E-state index contributed by atoms with van der Waals surface area (Å²) in [6.45, 7) is 2.10. The van der Waals surface area contributed by atoms with Crippen molar-refractivity contribution in [3.63, 3.8) is 0 Å². The second-order valence-corrected chi connectivity index (χ2v) is 9.39. The van der Waals surface area contributed by atoms with Gasteiger partial charge in [0.05, 0.1) is 0 Å². The zero-order valence-electron chi connectivity index (χ0n) is 19.3. The van der Waals surface area contributed by atoms with Crippen LogP contribution in [0.2, 0.25) is 0 Å². The van der Waals surface area contributed by atoms with E-state index in [9.17, 15) is 9.18 Å². The molecule has 1 amide bonds. The molecule has 2 N–H and O–H groups in total. The molecule has 1 aliphatic carbocycles. The third kappa shape index (κ3) is 4.88. The van der Waals surface area contributed by atoms with Crippen LogP contribution in [0.15, 0.2) is 66.9 Å². The molecule has 0 unspecified atom stereocenters. The van der Waals surface area contributed by atoms with Gasteiger partial charge in [0.1, 0.15) is 6.17 Å². The van der Waals surface area contributed by atoms with Gasteiger partial charge in [0.15, 0.2) is 5.65 Å². The predicted molar refractivity (Wildman–Crippen MR) is 133 cm³/mol. The topological polar surface area (TPSA) is 74.6 Å². The van der Waals surface area contributed by atoms with Crippen LogP contribution < -0.4 is 10.6 Å². The van der Waals surface area contributed by atoms with Gasteiger partial charge in [-0.15, -0.1) is 5.10 Å². The molecule has 6 rings (SSSR count). The summed E-state index contributed by atoms with van der Waals surface area (Å²) in [5.41, 5.74) is 5.42. The Morgan fingerprint density at radius 2 is 1.83 bits per heavy atom. The highest BCUT2D eigenvalue weighted by Gasteiger charge is 2.24.